The zero-order valence-corrected chi connectivity index (χ0v) is 10.4. The summed E-state index contributed by atoms with van der Waals surface area (Å²) in [6.45, 7) is -0.895. The van der Waals surface area contributed by atoms with Crippen molar-refractivity contribution in [1.82, 2.24) is 0 Å². The normalized spacial score (nSPS) is 12.9. The number of aliphatic hydroxyl groups excluding tert-OH is 1. The van der Waals surface area contributed by atoms with Gasteiger partial charge in [-0.15, -0.1) is 0 Å². The number of alkyl halides is 8. The maximum absolute atomic E-state index is 12.7. The third kappa shape index (κ3) is 4.61. The van der Waals surface area contributed by atoms with Crippen LogP contribution in [0.5, 0.6) is 11.5 Å². The standard InChI is InChI=1S/C11H8F8O3/c12-8(13)10(16,17)21-6-1-5(4-20)2-7(3-6)22-11(18,19)9(14)15/h1-3,8-9,20H,4H2. The predicted molar refractivity (Wildman–Crippen MR) is 55.5 cm³/mol. The SMILES string of the molecule is OCc1cc(OC(F)(F)C(F)F)cc(OC(F)(F)C(F)F)c1. The summed E-state index contributed by atoms with van der Waals surface area (Å²) in [5.74, 6) is -2.14. The minimum Gasteiger partial charge on any atom is -0.428 e. The van der Waals surface area contributed by atoms with E-state index < -0.39 is 43.2 Å². The summed E-state index contributed by atoms with van der Waals surface area (Å²) in [6, 6.07) is 1.54. The maximum Gasteiger partial charge on any atom is 0.461 e. The number of halogens is 8. The van der Waals surface area contributed by atoms with Gasteiger partial charge in [-0.25, -0.2) is 0 Å². The molecule has 22 heavy (non-hydrogen) atoms. The predicted octanol–water partition coefficient (Wildman–Crippen LogP) is 3.65. The molecule has 0 heterocycles. The third-order valence-electron chi connectivity index (χ3n) is 2.14. The molecule has 11 heteroatoms. The molecule has 0 bridgehead atoms. The Morgan fingerprint density at radius 2 is 1.18 bits per heavy atom. The van der Waals surface area contributed by atoms with E-state index in [2.05, 4.69) is 9.47 Å². The number of hydrogen-bond donors (Lipinski definition) is 1. The summed E-state index contributed by atoms with van der Waals surface area (Å²) >= 11 is 0. The minimum absolute atomic E-state index is 0.283. The van der Waals surface area contributed by atoms with E-state index in [0.717, 1.165) is 0 Å². The highest BCUT2D eigenvalue weighted by Gasteiger charge is 2.45. The lowest BCUT2D eigenvalue weighted by molar-refractivity contribution is -0.255. The van der Waals surface area contributed by atoms with E-state index in [-0.39, 0.29) is 11.6 Å². The van der Waals surface area contributed by atoms with Crippen LogP contribution >= 0.6 is 0 Å². The minimum atomic E-state index is -4.95. The van der Waals surface area contributed by atoms with Gasteiger partial charge in [0.25, 0.3) is 0 Å². The fourth-order valence-electron chi connectivity index (χ4n) is 1.24. The molecule has 0 unspecified atom stereocenters. The van der Waals surface area contributed by atoms with E-state index >= 15 is 0 Å². The molecular weight excluding hydrogens is 332 g/mol. The molecule has 1 aromatic carbocycles. The van der Waals surface area contributed by atoms with Crippen LogP contribution in [0.1, 0.15) is 5.56 Å². The fraction of sp³-hybridized carbons (Fsp3) is 0.455. The van der Waals surface area contributed by atoms with Crippen molar-refractivity contribution in [2.24, 2.45) is 0 Å². The lowest BCUT2D eigenvalue weighted by atomic mass is 10.2. The van der Waals surface area contributed by atoms with Crippen LogP contribution < -0.4 is 9.47 Å². The van der Waals surface area contributed by atoms with E-state index in [9.17, 15) is 35.1 Å². The van der Waals surface area contributed by atoms with Gasteiger partial charge in [-0.1, -0.05) is 0 Å². The molecule has 0 saturated carbocycles. The Kier molecular flexibility index (Phi) is 5.44. The first-order chi connectivity index (χ1) is 9.98. The third-order valence-corrected chi connectivity index (χ3v) is 2.14. The highest BCUT2D eigenvalue weighted by Crippen LogP contribution is 2.34. The molecule has 0 amide bonds. The average Bonchev–Trinajstić information content (AvgIpc) is 2.36. The molecule has 1 aromatic rings. The second-order valence-electron chi connectivity index (χ2n) is 3.90. The Hall–Kier alpha value is -1.78. The first-order valence-corrected chi connectivity index (χ1v) is 5.42. The molecular formula is C11H8F8O3. The van der Waals surface area contributed by atoms with Crippen molar-refractivity contribution in [1.29, 1.82) is 0 Å². The molecule has 126 valence electrons. The first kappa shape index (κ1) is 18.3. The second kappa shape index (κ2) is 6.55. The zero-order chi connectivity index (χ0) is 17.1. The Morgan fingerprint density at radius 1 is 0.818 bits per heavy atom. The van der Waals surface area contributed by atoms with Gasteiger partial charge in [-0.2, -0.15) is 35.1 Å². The molecule has 0 fully saturated rings. The summed E-state index contributed by atoms with van der Waals surface area (Å²) < 4.78 is 106. The summed E-state index contributed by atoms with van der Waals surface area (Å²) in [5, 5.41) is 8.82. The van der Waals surface area contributed by atoms with Crippen LogP contribution in [0.25, 0.3) is 0 Å². The molecule has 0 radical (unpaired) electrons. The molecule has 1 rings (SSSR count). The zero-order valence-electron chi connectivity index (χ0n) is 10.4. The van der Waals surface area contributed by atoms with E-state index in [1.165, 1.54) is 0 Å². The number of rotatable bonds is 7. The highest BCUT2D eigenvalue weighted by molar-refractivity contribution is 5.38. The Labute approximate surface area is 118 Å². The second-order valence-corrected chi connectivity index (χ2v) is 3.90. The van der Waals surface area contributed by atoms with Gasteiger partial charge in [0.05, 0.1) is 6.61 Å². The maximum atomic E-state index is 12.7. The number of aliphatic hydroxyl groups is 1. The van der Waals surface area contributed by atoms with Crippen molar-refractivity contribution < 1.29 is 49.7 Å². The quantitative estimate of drug-likeness (QED) is 0.770. The summed E-state index contributed by atoms with van der Waals surface area (Å²) in [6.07, 6.45) is -18.3. The van der Waals surface area contributed by atoms with Gasteiger partial charge < -0.3 is 14.6 Å². The van der Waals surface area contributed by atoms with Crippen LogP contribution in [0.3, 0.4) is 0 Å². The van der Waals surface area contributed by atoms with E-state index in [4.69, 9.17) is 5.11 Å². The van der Waals surface area contributed by atoms with Crippen molar-refractivity contribution in [2.75, 3.05) is 0 Å². The van der Waals surface area contributed by atoms with Gasteiger partial charge in [-0.3, -0.25) is 0 Å². The highest BCUT2D eigenvalue weighted by atomic mass is 19.3. The van der Waals surface area contributed by atoms with Gasteiger partial charge in [0, 0.05) is 6.07 Å². The first-order valence-electron chi connectivity index (χ1n) is 5.42. The van der Waals surface area contributed by atoms with Crippen LogP contribution in [0.4, 0.5) is 35.1 Å². The molecule has 1 N–H and O–H groups in total. The topological polar surface area (TPSA) is 38.7 Å². The van der Waals surface area contributed by atoms with Gasteiger partial charge >= 0.3 is 25.1 Å². The Morgan fingerprint density at radius 3 is 1.45 bits per heavy atom. The fourth-order valence-corrected chi connectivity index (χ4v) is 1.24. The van der Waals surface area contributed by atoms with Crippen LogP contribution in [-0.2, 0) is 6.61 Å². The molecule has 0 saturated heterocycles. The van der Waals surface area contributed by atoms with Crippen LogP contribution in [0, 0.1) is 0 Å². The molecule has 0 aliphatic rings. The molecule has 0 atom stereocenters. The molecule has 0 aliphatic heterocycles. The monoisotopic (exact) mass is 340 g/mol. The van der Waals surface area contributed by atoms with Crippen molar-refractivity contribution in [3.8, 4) is 11.5 Å². The molecule has 0 aliphatic carbocycles. The summed E-state index contributed by atoms with van der Waals surface area (Å²) in [4.78, 5) is 0. The van der Waals surface area contributed by atoms with Crippen molar-refractivity contribution >= 4 is 0 Å². The largest absolute Gasteiger partial charge is 0.461 e. The number of benzene rings is 1. The Balaban J connectivity index is 3.09. The van der Waals surface area contributed by atoms with Gasteiger partial charge in [0.1, 0.15) is 11.5 Å². The smallest absolute Gasteiger partial charge is 0.428 e. The van der Waals surface area contributed by atoms with Gasteiger partial charge in [0.2, 0.25) is 0 Å². The number of hydrogen-bond acceptors (Lipinski definition) is 3. The lowest BCUT2D eigenvalue weighted by Crippen LogP contribution is -2.34. The van der Waals surface area contributed by atoms with E-state index in [1.807, 2.05) is 0 Å². The van der Waals surface area contributed by atoms with Crippen LogP contribution in [-0.4, -0.2) is 30.2 Å². The van der Waals surface area contributed by atoms with Gasteiger partial charge in [-0.05, 0) is 17.7 Å². The molecule has 0 spiro atoms. The Bertz CT molecular complexity index is 466. The van der Waals surface area contributed by atoms with Gasteiger partial charge in [0.15, 0.2) is 0 Å². The molecule has 3 nitrogen and oxygen atoms in total. The number of ether oxygens (including phenoxy) is 2. The van der Waals surface area contributed by atoms with Crippen molar-refractivity contribution in [2.45, 2.75) is 31.7 Å². The summed E-state index contributed by atoms with van der Waals surface area (Å²) in [7, 11) is 0. The average molecular weight is 340 g/mol. The van der Waals surface area contributed by atoms with Crippen molar-refractivity contribution in [3.05, 3.63) is 23.8 Å². The van der Waals surface area contributed by atoms with E-state index in [0.29, 0.717) is 12.1 Å². The molecule has 0 aromatic heterocycles. The van der Waals surface area contributed by atoms with E-state index in [1.54, 1.807) is 0 Å². The summed E-state index contributed by atoms with van der Waals surface area (Å²) in [5.41, 5.74) is -0.359. The lowest BCUT2D eigenvalue weighted by Gasteiger charge is -2.20. The van der Waals surface area contributed by atoms with Crippen LogP contribution in [0.15, 0.2) is 18.2 Å². The van der Waals surface area contributed by atoms with Crippen LogP contribution in [0.2, 0.25) is 0 Å². The van der Waals surface area contributed by atoms with Crippen molar-refractivity contribution in [3.63, 3.8) is 0 Å².